The zero-order chi connectivity index (χ0) is 17.8. The molecule has 0 aliphatic carbocycles. The van der Waals surface area contributed by atoms with E-state index < -0.39 is 0 Å². The van der Waals surface area contributed by atoms with Gasteiger partial charge in [0, 0.05) is 31.6 Å². The van der Waals surface area contributed by atoms with Crippen molar-refractivity contribution in [2.75, 3.05) is 32.7 Å². The number of likely N-dealkylation sites (tertiary alicyclic amines) is 2. The average Bonchev–Trinajstić information content (AvgIpc) is 3.39. The zero-order valence-electron chi connectivity index (χ0n) is 15.1. The van der Waals surface area contributed by atoms with Gasteiger partial charge in [-0.2, -0.15) is 0 Å². The first-order valence-electron chi connectivity index (χ1n) is 9.62. The molecule has 138 valence electrons. The van der Waals surface area contributed by atoms with Gasteiger partial charge in [-0.05, 0) is 61.2 Å². The Kier molecular flexibility index (Phi) is 5.60. The topological polar surface area (TPSA) is 49.3 Å². The minimum Gasteiger partial charge on any atom is -0.337 e. The van der Waals surface area contributed by atoms with Crippen LogP contribution in [0.25, 0.3) is 0 Å². The molecule has 1 aromatic heterocycles. The molecule has 0 saturated carbocycles. The van der Waals surface area contributed by atoms with Crippen LogP contribution in [0.15, 0.2) is 35.7 Å². The van der Waals surface area contributed by atoms with E-state index in [1.807, 2.05) is 4.90 Å². The summed E-state index contributed by atoms with van der Waals surface area (Å²) in [5.74, 6) is 1.60. The predicted octanol–water partition coefficient (Wildman–Crippen LogP) is 2.95. The fraction of sp³-hybridized carbons (Fsp3) is 0.550. The first kappa shape index (κ1) is 17.6. The van der Waals surface area contributed by atoms with E-state index >= 15 is 0 Å². The summed E-state index contributed by atoms with van der Waals surface area (Å²) in [4.78, 5) is 17.0. The van der Waals surface area contributed by atoms with E-state index in [4.69, 9.17) is 0 Å². The molecule has 2 aliphatic heterocycles. The van der Waals surface area contributed by atoms with Crippen LogP contribution in [0.2, 0.25) is 0 Å². The lowest BCUT2D eigenvalue weighted by Crippen LogP contribution is -2.40. The SMILES string of the molecule is O=C(c1csnn1)N1CCC([C@H]2CCN(CCc3ccccc3)C2)CC1. The van der Waals surface area contributed by atoms with Crippen molar-refractivity contribution < 1.29 is 4.79 Å². The Bertz CT molecular complexity index is 698. The number of piperidine rings is 1. The fourth-order valence-electron chi connectivity index (χ4n) is 4.38. The Balaban J connectivity index is 1.22. The summed E-state index contributed by atoms with van der Waals surface area (Å²) in [6.45, 7) is 5.33. The zero-order valence-corrected chi connectivity index (χ0v) is 15.9. The molecule has 0 unspecified atom stereocenters. The van der Waals surface area contributed by atoms with Crippen LogP contribution in [-0.2, 0) is 6.42 Å². The third-order valence-electron chi connectivity index (χ3n) is 5.94. The average molecular weight is 371 g/mol. The Hall–Kier alpha value is -1.79. The highest BCUT2D eigenvalue weighted by molar-refractivity contribution is 7.03. The molecule has 26 heavy (non-hydrogen) atoms. The molecule has 2 aliphatic rings. The number of hydrogen-bond acceptors (Lipinski definition) is 5. The molecule has 6 heteroatoms. The normalized spacial score (nSPS) is 22.0. The molecule has 4 rings (SSSR count). The summed E-state index contributed by atoms with van der Waals surface area (Å²) in [7, 11) is 0. The second kappa shape index (κ2) is 8.27. The van der Waals surface area contributed by atoms with Crippen LogP contribution < -0.4 is 0 Å². The molecule has 0 N–H and O–H groups in total. The lowest BCUT2D eigenvalue weighted by atomic mass is 9.83. The van der Waals surface area contributed by atoms with Gasteiger partial charge in [-0.15, -0.1) is 5.10 Å². The van der Waals surface area contributed by atoms with E-state index in [0.29, 0.717) is 5.69 Å². The highest BCUT2D eigenvalue weighted by Gasteiger charge is 2.33. The van der Waals surface area contributed by atoms with E-state index in [1.54, 1.807) is 5.38 Å². The predicted molar refractivity (Wildman–Crippen MR) is 103 cm³/mol. The largest absolute Gasteiger partial charge is 0.337 e. The minimum absolute atomic E-state index is 0.0492. The molecule has 0 bridgehead atoms. The van der Waals surface area contributed by atoms with Crippen molar-refractivity contribution in [1.82, 2.24) is 19.4 Å². The molecule has 3 heterocycles. The van der Waals surface area contributed by atoms with Gasteiger partial charge in [0.1, 0.15) is 0 Å². The van der Waals surface area contributed by atoms with Crippen molar-refractivity contribution in [3.63, 3.8) is 0 Å². The minimum atomic E-state index is 0.0492. The molecule has 1 aromatic carbocycles. The lowest BCUT2D eigenvalue weighted by Gasteiger charge is -2.34. The summed E-state index contributed by atoms with van der Waals surface area (Å²) in [5, 5.41) is 5.66. The van der Waals surface area contributed by atoms with E-state index in [0.717, 1.165) is 50.7 Å². The first-order chi connectivity index (χ1) is 12.8. The van der Waals surface area contributed by atoms with E-state index in [9.17, 15) is 4.79 Å². The highest BCUT2D eigenvalue weighted by atomic mass is 32.1. The van der Waals surface area contributed by atoms with Gasteiger partial charge in [-0.25, -0.2) is 0 Å². The molecule has 2 saturated heterocycles. The van der Waals surface area contributed by atoms with Crippen LogP contribution in [0.1, 0.15) is 35.3 Å². The first-order valence-corrected chi connectivity index (χ1v) is 10.5. The van der Waals surface area contributed by atoms with Crippen molar-refractivity contribution in [3.8, 4) is 0 Å². The van der Waals surface area contributed by atoms with Crippen molar-refractivity contribution in [2.45, 2.75) is 25.7 Å². The van der Waals surface area contributed by atoms with Crippen LogP contribution in [0.3, 0.4) is 0 Å². The quantitative estimate of drug-likeness (QED) is 0.812. The molecule has 2 fully saturated rings. The van der Waals surface area contributed by atoms with Gasteiger partial charge in [-0.3, -0.25) is 4.79 Å². The van der Waals surface area contributed by atoms with Crippen LogP contribution in [0, 0.1) is 11.8 Å². The van der Waals surface area contributed by atoms with Crippen LogP contribution in [0.4, 0.5) is 0 Å². The molecule has 5 nitrogen and oxygen atoms in total. The second-order valence-corrected chi connectivity index (χ2v) is 8.11. The Labute approximate surface area is 159 Å². The molecular weight excluding hydrogens is 344 g/mol. The Morgan fingerprint density at radius 1 is 1.08 bits per heavy atom. The number of benzene rings is 1. The number of amides is 1. The lowest BCUT2D eigenvalue weighted by molar-refractivity contribution is 0.0653. The van der Waals surface area contributed by atoms with Crippen LogP contribution >= 0.6 is 11.5 Å². The summed E-state index contributed by atoms with van der Waals surface area (Å²) in [6, 6.07) is 10.8. The van der Waals surface area contributed by atoms with Gasteiger partial charge in [0.2, 0.25) is 0 Å². The van der Waals surface area contributed by atoms with E-state index in [1.165, 1.54) is 36.6 Å². The molecule has 0 spiro atoms. The van der Waals surface area contributed by atoms with Crippen molar-refractivity contribution >= 4 is 17.4 Å². The summed E-state index contributed by atoms with van der Waals surface area (Å²) < 4.78 is 3.80. The highest BCUT2D eigenvalue weighted by Crippen LogP contribution is 2.32. The Morgan fingerprint density at radius 3 is 2.58 bits per heavy atom. The second-order valence-electron chi connectivity index (χ2n) is 7.50. The van der Waals surface area contributed by atoms with Crippen molar-refractivity contribution in [1.29, 1.82) is 0 Å². The number of nitrogens with zero attached hydrogens (tertiary/aromatic N) is 4. The molecule has 1 atom stereocenters. The Morgan fingerprint density at radius 2 is 1.85 bits per heavy atom. The fourth-order valence-corrected chi connectivity index (χ4v) is 4.81. The molecular formula is C20H26N4OS. The maximum atomic E-state index is 12.4. The third kappa shape index (κ3) is 4.13. The number of hydrogen-bond donors (Lipinski definition) is 0. The summed E-state index contributed by atoms with van der Waals surface area (Å²) in [6.07, 6.45) is 4.70. The van der Waals surface area contributed by atoms with Crippen molar-refractivity contribution in [3.05, 3.63) is 47.0 Å². The summed E-state index contributed by atoms with van der Waals surface area (Å²) in [5.41, 5.74) is 1.93. The molecule has 2 aromatic rings. The number of aromatic nitrogens is 2. The smallest absolute Gasteiger partial charge is 0.275 e. The van der Waals surface area contributed by atoms with Crippen LogP contribution in [-0.4, -0.2) is 58.0 Å². The van der Waals surface area contributed by atoms with Crippen molar-refractivity contribution in [2.24, 2.45) is 11.8 Å². The summed E-state index contributed by atoms with van der Waals surface area (Å²) >= 11 is 1.24. The molecule has 0 radical (unpaired) electrons. The molecule has 1 amide bonds. The maximum absolute atomic E-state index is 12.4. The van der Waals surface area contributed by atoms with Gasteiger partial charge in [0.25, 0.3) is 5.91 Å². The maximum Gasteiger partial charge on any atom is 0.275 e. The van der Waals surface area contributed by atoms with Gasteiger partial charge in [-0.1, -0.05) is 34.8 Å². The van der Waals surface area contributed by atoms with Crippen LogP contribution in [0.5, 0.6) is 0 Å². The van der Waals surface area contributed by atoms with Gasteiger partial charge < -0.3 is 9.80 Å². The number of carbonyl (C=O) groups is 1. The monoisotopic (exact) mass is 370 g/mol. The third-order valence-corrected chi connectivity index (χ3v) is 6.45. The standard InChI is InChI=1S/C20H26N4OS/c25-20(19-15-26-22-21-19)24-12-8-17(9-13-24)18-7-11-23(14-18)10-6-16-4-2-1-3-5-16/h1-5,15,17-18H,6-14H2/t18-/m0/s1. The van der Waals surface area contributed by atoms with Gasteiger partial charge in [0.05, 0.1) is 0 Å². The van der Waals surface area contributed by atoms with E-state index in [-0.39, 0.29) is 5.91 Å². The van der Waals surface area contributed by atoms with Gasteiger partial charge in [0.15, 0.2) is 5.69 Å². The van der Waals surface area contributed by atoms with E-state index in [2.05, 4.69) is 44.8 Å². The number of rotatable bonds is 5. The van der Waals surface area contributed by atoms with Gasteiger partial charge >= 0.3 is 0 Å². The number of carbonyl (C=O) groups excluding carboxylic acids is 1.